The van der Waals surface area contributed by atoms with Crippen LogP contribution in [0.15, 0.2) is 0 Å². The maximum atomic E-state index is 6.29. The molecule has 0 aromatic carbocycles. The van der Waals surface area contributed by atoms with Gasteiger partial charge in [0.25, 0.3) is 0 Å². The first-order valence-corrected chi connectivity index (χ1v) is 8.60. The molecule has 0 amide bonds. The summed E-state index contributed by atoms with van der Waals surface area (Å²) in [6.45, 7) is 3.34. The van der Waals surface area contributed by atoms with Crippen molar-refractivity contribution in [2.45, 2.75) is 77.2 Å². The molecule has 0 aliphatic heterocycles. The Hall–Kier alpha value is 0.310. The molecule has 0 aromatic rings. The lowest BCUT2D eigenvalue weighted by molar-refractivity contribution is -0.0314. The van der Waals surface area contributed by atoms with Crippen LogP contribution in [0.25, 0.3) is 0 Å². The Balaban J connectivity index is 1.81. The minimum atomic E-state index is 0.389. The van der Waals surface area contributed by atoms with Gasteiger partial charge in [-0.15, -0.1) is 0 Å². The van der Waals surface area contributed by atoms with Crippen molar-refractivity contribution in [3.63, 3.8) is 0 Å². The minimum absolute atomic E-state index is 0.389. The third-order valence-electron chi connectivity index (χ3n) is 5.01. The van der Waals surface area contributed by atoms with Crippen LogP contribution in [-0.2, 0) is 4.74 Å². The quantitative estimate of drug-likeness (QED) is 0.567. The van der Waals surface area contributed by atoms with E-state index >= 15 is 0 Å². The Morgan fingerprint density at radius 2 is 1.78 bits per heavy atom. The molecule has 18 heavy (non-hydrogen) atoms. The maximum Gasteiger partial charge on any atom is 0.0578 e. The first-order valence-electron chi connectivity index (χ1n) is 7.97. The lowest BCUT2D eigenvalue weighted by atomic mass is 9.82. The van der Waals surface area contributed by atoms with Crippen molar-refractivity contribution >= 4 is 12.6 Å². The summed E-state index contributed by atoms with van der Waals surface area (Å²) in [5.41, 5.74) is 0.389. The fraction of sp³-hybridized carbons (Fsp3) is 1.00. The molecule has 2 fully saturated rings. The van der Waals surface area contributed by atoms with Gasteiger partial charge in [-0.25, -0.2) is 0 Å². The normalized spacial score (nSPS) is 33.0. The van der Waals surface area contributed by atoms with Crippen LogP contribution in [0.2, 0.25) is 0 Å². The highest BCUT2D eigenvalue weighted by Gasteiger charge is 2.31. The molecule has 0 N–H and O–H groups in total. The van der Waals surface area contributed by atoms with Gasteiger partial charge in [0.2, 0.25) is 0 Å². The fourth-order valence-electron chi connectivity index (χ4n) is 3.65. The monoisotopic (exact) mass is 270 g/mol. The summed E-state index contributed by atoms with van der Waals surface area (Å²) >= 11 is 4.63. The molecular weight excluding hydrogens is 240 g/mol. The van der Waals surface area contributed by atoms with Gasteiger partial charge in [-0.1, -0.05) is 45.4 Å². The van der Waals surface area contributed by atoms with Gasteiger partial charge in [-0.05, 0) is 37.4 Å². The summed E-state index contributed by atoms with van der Waals surface area (Å²) in [4.78, 5) is 0. The summed E-state index contributed by atoms with van der Waals surface area (Å²) in [6, 6.07) is 0. The second-order valence-electron chi connectivity index (χ2n) is 6.78. The number of ether oxygens (including phenoxy) is 1. The van der Waals surface area contributed by atoms with Crippen LogP contribution in [0, 0.1) is 11.3 Å². The van der Waals surface area contributed by atoms with Crippen LogP contribution >= 0.6 is 12.6 Å². The Bertz CT molecular complexity index is 233. The second-order valence-corrected chi connectivity index (χ2v) is 7.09. The Morgan fingerprint density at radius 1 is 1.06 bits per heavy atom. The van der Waals surface area contributed by atoms with Gasteiger partial charge in [0.15, 0.2) is 0 Å². The van der Waals surface area contributed by atoms with Gasteiger partial charge in [0, 0.05) is 5.41 Å². The molecule has 0 radical (unpaired) electrons. The van der Waals surface area contributed by atoms with E-state index in [4.69, 9.17) is 4.74 Å². The van der Waals surface area contributed by atoms with Gasteiger partial charge in [0.05, 0.1) is 12.7 Å². The van der Waals surface area contributed by atoms with E-state index in [0.717, 1.165) is 18.3 Å². The van der Waals surface area contributed by atoms with Crippen molar-refractivity contribution < 1.29 is 4.74 Å². The maximum absolute atomic E-state index is 6.29. The van der Waals surface area contributed by atoms with E-state index in [1.165, 1.54) is 64.2 Å². The molecule has 1 nitrogen and oxygen atoms in total. The van der Waals surface area contributed by atoms with Crippen LogP contribution < -0.4 is 0 Å². The highest BCUT2D eigenvalue weighted by molar-refractivity contribution is 7.80. The van der Waals surface area contributed by atoms with Crippen molar-refractivity contribution in [1.29, 1.82) is 0 Å². The molecule has 106 valence electrons. The van der Waals surface area contributed by atoms with E-state index in [9.17, 15) is 0 Å². The van der Waals surface area contributed by atoms with Gasteiger partial charge in [-0.3, -0.25) is 0 Å². The average molecular weight is 270 g/mol. The predicted octanol–water partition coefficient (Wildman–Crippen LogP) is 4.85. The average Bonchev–Trinajstić information content (AvgIpc) is 2.63. The number of hydrogen-bond donors (Lipinski definition) is 1. The van der Waals surface area contributed by atoms with Crippen LogP contribution in [0.4, 0.5) is 0 Å². The molecular formula is C16H30OS. The smallest absolute Gasteiger partial charge is 0.0578 e. The zero-order chi connectivity index (χ0) is 12.8. The third-order valence-corrected chi connectivity index (χ3v) is 5.68. The van der Waals surface area contributed by atoms with Gasteiger partial charge >= 0.3 is 0 Å². The van der Waals surface area contributed by atoms with Crippen molar-refractivity contribution in [3.05, 3.63) is 0 Å². The summed E-state index contributed by atoms with van der Waals surface area (Å²) in [5.74, 6) is 1.87. The second kappa shape index (κ2) is 7.19. The van der Waals surface area contributed by atoms with Gasteiger partial charge < -0.3 is 4.74 Å². The highest BCUT2D eigenvalue weighted by atomic mass is 32.1. The molecule has 0 aromatic heterocycles. The first-order chi connectivity index (χ1) is 8.74. The molecule has 2 unspecified atom stereocenters. The van der Waals surface area contributed by atoms with Crippen molar-refractivity contribution in [1.82, 2.24) is 0 Å². The molecule has 0 saturated heterocycles. The number of rotatable bonds is 4. The lowest BCUT2D eigenvalue weighted by Crippen LogP contribution is -2.32. The summed E-state index contributed by atoms with van der Waals surface area (Å²) in [7, 11) is 0. The Labute approximate surface area is 118 Å². The molecule has 2 rings (SSSR count). The van der Waals surface area contributed by atoms with Gasteiger partial charge in [-0.2, -0.15) is 12.6 Å². The Morgan fingerprint density at radius 3 is 2.39 bits per heavy atom. The standard InChI is InChI=1S/C16H30OS/c1-14-7-6-8-15(11-14)17-12-16(13-18)9-4-2-3-5-10-16/h14-15,18H,2-13H2,1H3. The van der Waals surface area contributed by atoms with Crippen LogP contribution in [0.5, 0.6) is 0 Å². The van der Waals surface area contributed by atoms with E-state index in [1.807, 2.05) is 0 Å². The number of thiol groups is 1. The SMILES string of the molecule is CC1CCCC(OCC2(CS)CCCCCC2)C1. The van der Waals surface area contributed by atoms with E-state index in [0.29, 0.717) is 11.5 Å². The topological polar surface area (TPSA) is 9.23 Å². The molecule has 0 heterocycles. The summed E-state index contributed by atoms with van der Waals surface area (Å²) < 4.78 is 6.29. The Kier molecular flexibility index (Phi) is 5.88. The molecule has 2 aliphatic rings. The lowest BCUT2D eigenvalue weighted by Gasteiger charge is -2.35. The van der Waals surface area contributed by atoms with Crippen LogP contribution in [0.3, 0.4) is 0 Å². The zero-order valence-electron chi connectivity index (χ0n) is 12.0. The third kappa shape index (κ3) is 4.16. The fourth-order valence-corrected chi connectivity index (χ4v) is 4.06. The van der Waals surface area contributed by atoms with E-state index in [2.05, 4.69) is 19.6 Å². The van der Waals surface area contributed by atoms with Crippen molar-refractivity contribution in [2.24, 2.45) is 11.3 Å². The summed E-state index contributed by atoms with van der Waals surface area (Å²) in [5, 5.41) is 0. The van der Waals surface area contributed by atoms with Crippen molar-refractivity contribution in [2.75, 3.05) is 12.4 Å². The predicted molar refractivity (Wildman–Crippen MR) is 81.4 cm³/mol. The highest BCUT2D eigenvalue weighted by Crippen LogP contribution is 2.37. The molecule has 0 bridgehead atoms. The molecule has 2 aliphatic carbocycles. The van der Waals surface area contributed by atoms with Crippen molar-refractivity contribution in [3.8, 4) is 0 Å². The zero-order valence-corrected chi connectivity index (χ0v) is 12.9. The van der Waals surface area contributed by atoms with Crippen LogP contribution in [0.1, 0.15) is 71.1 Å². The molecule has 2 saturated carbocycles. The first kappa shape index (κ1) is 14.7. The van der Waals surface area contributed by atoms with E-state index in [-0.39, 0.29) is 0 Å². The summed E-state index contributed by atoms with van der Waals surface area (Å²) in [6.07, 6.45) is 14.1. The largest absolute Gasteiger partial charge is 0.378 e. The van der Waals surface area contributed by atoms with E-state index < -0.39 is 0 Å². The minimum Gasteiger partial charge on any atom is -0.378 e. The molecule has 2 heteroatoms. The number of hydrogen-bond acceptors (Lipinski definition) is 2. The van der Waals surface area contributed by atoms with Gasteiger partial charge in [0.1, 0.15) is 0 Å². The van der Waals surface area contributed by atoms with Crippen LogP contribution in [-0.4, -0.2) is 18.5 Å². The molecule has 2 atom stereocenters. The molecule has 0 spiro atoms. The van der Waals surface area contributed by atoms with E-state index in [1.54, 1.807) is 0 Å².